The van der Waals surface area contributed by atoms with Gasteiger partial charge in [-0.15, -0.1) is 3.93 Å². The van der Waals surface area contributed by atoms with Crippen LogP contribution in [0.4, 0.5) is 0 Å². The third kappa shape index (κ3) is 1.89. The van der Waals surface area contributed by atoms with Crippen LogP contribution in [0.15, 0.2) is 0 Å². The third-order valence-electron chi connectivity index (χ3n) is 2.77. The molecule has 2 rings (SSSR count). The van der Waals surface area contributed by atoms with Crippen LogP contribution in [0.3, 0.4) is 0 Å². The zero-order valence-corrected chi connectivity index (χ0v) is 10.3. The van der Waals surface area contributed by atoms with Crippen molar-refractivity contribution in [3.63, 3.8) is 0 Å². The molecule has 2 aliphatic rings. The summed E-state index contributed by atoms with van der Waals surface area (Å²) >= 11 is 2.87. The maximum Gasteiger partial charge on any atom is 0.246 e. The molecule has 3 N–H and O–H groups in total. The van der Waals surface area contributed by atoms with Crippen LogP contribution in [0.25, 0.3) is 0 Å². The molecule has 2 saturated heterocycles. The fourth-order valence-corrected chi connectivity index (χ4v) is 2.44. The average Bonchev–Trinajstić information content (AvgIpc) is 2.62. The summed E-state index contributed by atoms with van der Waals surface area (Å²) in [7, 11) is 1.25. The first-order valence-corrected chi connectivity index (χ1v) is 5.51. The van der Waals surface area contributed by atoms with Gasteiger partial charge < -0.3 is 29.5 Å². The molecule has 1 atom stereocenters. The van der Waals surface area contributed by atoms with E-state index in [2.05, 4.69) is 16.1 Å². The Bertz CT molecular complexity index is 282. The molecule has 1 unspecified atom stereocenters. The summed E-state index contributed by atoms with van der Waals surface area (Å²) in [5.74, 6) is -5.46. The molecule has 0 bridgehead atoms. The highest BCUT2D eigenvalue weighted by molar-refractivity contribution is 9.07. The van der Waals surface area contributed by atoms with Crippen LogP contribution >= 0.6 is 16.1 Å². The summed E-state index contributed by atoms with van der Waals surface area (Å²) in [5, 5.41) is 29.6. The smallest absolute Gasteiger partial charge is 0.246 e. The van der Waals surface area contributed by atoms with Gasteiger partial charge in [-0.2, -0.15) is 0 Å². The minimum atomic E-state index is -2.33. The molecule has 1 spiro atoms. The lowest BCUT2D eigenvalue weighted by Crippen LogP contribution is -2.67. The maximum absolute atomic E-state index is 10.1. The van der Waals surface area contributed by atoms with E-state index in [0.717, 1.165) is 3.93 Å². The van der Waals surface area contributed by atoms with E-state index in [-0.39, 0.29) is 12.8 Å². The molecule has 0 aliphatic carbocycles. The highest BCUT2D eigenvalue weighted by Crippen LogP contribution is 2.46. The summed E-state index contributed by atoms with van der Waals surface area (Å²) < 4.78 is 16.3. The van der Waals surface area contributed by atoms with E-state index >= 15 is 0 Å². The second kappa shape index (κ2) is 3.85. The zero-order chi connectivity index (χ0) is 12.0. The summed E-state index contributed by atoms with van der Waals surface area (Å²) in [6, 6.07) is 0. The quantitative estimate of drug-likeness (QED) is 0.425. The van der Waals surface area contributed by atoms with Gasteiger partial charge in [-0.3, -0.25) is 0 Å². The van der Waals surface area contributed by atoms with Crippen LogP contribution in [0.1, 0.15) is 12.8 Å². The standard InChI is InChI=1S/C8H14BrNO6/c1-14-8(13)5-6(15-2-3-16-6)4-7(11,12)10(8)9/h11-13H,2-5H2,1H3. The molecule has 0 aromatic heterocycles. The minimum Gasteiger partial charge on any atom is -0.352 e. The van der Waals surface area contributed by atoms with Crippen molar-refractivity contribution in [2.75, 3.05) is 20.3 Å². The van der Waals surface area contributed by atoms with Crippen molar-refractivity contribution in [3.8, 4) is 0 Å². The van der Waals surface area contributed by atoms with Gasteiger partial charge in [-0.05, 0) is 0 Å². The molecule has 7 nitrogen and oxygen atoms in total. The third-order valence-corrected chi connectivity index (χ3v) is 3.89. The van der Waals surface area contributed by atoms with Crippen LogP contribution in [0.5, 0.6) is 0 Å². The van der Waals surface area contributed by atoms with Gasteiger partial charge in [0.05, 0.1) is 26.1 Å². The number of rotatable bonds is 1. The number of methoxy groups -OCH3 is 1. The molecule has 0 aromatic carbocycles. The topological polar surface area (TPSA) is 91.6 Å². The number of hydrogen-bond donors (Lipinski definition) is 3. The Balaban J connectivity index is 2.29. The monoisotopic (exact) mass is 299 g/mol. The van der Waals surface area contributed by atoms with Gasteiger partial charge in [0.15, 0.2) is 5.79 Å². The van der Waals surface area contributed by atoms with Crippen molar-refractivity contribution >= 4 is 16.1 Å². The largest absolute Gasteiger partial charge is 0.352 e. The highest BCUT2D eigenvalue weighted by Gasteiger charge is 2.61. The number of nitrogens with zero attached hydrogens (tertiary/aromatic N) is 1. The van der Waals surface area contributed by atoms with Gasteiger partial charge in [0.25, 0.3) is 0 Å². The van der Waals surface area contributed by atoms with Crippen LogP contribution < -0.4 is 0 Å². The van der Waals surface area contributed by atoms with E-state index in [1.165, 1.54) is 7.11 Å². The van der Waals surface area contributed by atoms with Gasteiger partial charge >= 0.3 is 0 Å². The Morgan fingerprint density at radius 3 is 2.25 bits per heavy atom. The first-order chi connectivity index (χ1) is 7.34. The average molecular weight is 300 g/mol. The van der Waals surface area contributed by atoms with E-state index in [1.54, 1.807) is 0 Å². The molecule has 2 aliphatic heterocycles. The van der Waals surface area contributed by atoms with Gasteiger partial charge in [0.2, 0.25) is 11.8 Å². The van der Waals surface area contributed by atoms with Crippen LogP contribution in [0, 0.1) is 0 Å². The van der Waals surface area contributed by atoms with Crippen molar-refractivity contribution in [2.24, 2.45) is 0 Å². The Morgan fingerprint density at radius 2 is 1.75 bits per heavy atom. The summed E-state index contributed by atoms with van der Waals surface area (Å²) in [4.78, 5) is 0. The molecule has 16 heavy (non-hydrogen) atoms. The Morgan fingerprint density at radius 1 is 1.19 bits per heavy atom. The summed E-state index contributed by atoms with van der Waals surface area (Å²) in [6.45, 7) is 0.691. The van der Waals surface area contributed by atoms with Gasteiger partial charge in [-0.25, -0.2) is 0 Å². The van der Waals surface area contributed by atoms with Crippen LogP contribution in [0.2, 0.25) is 0 Å². The lowest BCUT2D eigenvalue weighted by atomic mass is 9.98. The van der Waals surface area contributed by atoms with Crippen molar-refractivity contribution in [2.45, 2.75) is 30.5 Å². The Kier molecular flexibility index (Phi) is 3.05. The molecule has 0 amide bonds. The molecule has 0 radical (unpaired) electrons. The molecule has 2 heterocycles. The molecule has 2 fully saturated rings. The molecule has 94 valence electrons. The summed E-state index contributed by atoms with van der Waals surface area (Å²) in [6.07, 6.45) is -0.262. The first-order valence-electron chi connectivity index (χ1n) is 4.80. The predicted molar refractivity (Wildman–Crippen MR) is 53.8 cm³/mol. The molecule has 0 aromatic rings. The normalized spacial score (nSPS) is 38.1. The van der Waals surface area contributed by atoms with E-state index in [4.69, 9.17) is 14.2 Å². The van der Waals surface area contributed by atoms with E-state index in [1.807, 2.05) is 0 Å². The number of piperidine rings is 1. The van der Waals surface area contributed by atoms with E-state index in [9.17, 15) is 15.3 Å². The minimum absolute atomic E-state index is 0.0510. The molecular formula is C8H14BrNO6. The lowest BCUT2D eigenvalue weighted by molar-refractivity contribution is -0.420. The van der Waals surface area contributed by atoms with Gasteiger partial charge in [0, 0.05) is 23.3 Å². The predicted octanol–water partition coefficient (Wildman–Crippen LogP) is -0.934. The second-order valence-electron chi connectivity index (χ2n) is 3.96. The van der Waals surface area contributed by atoms with Crippen molar-refractivity contribution < 1.29 is 29.5 Å². The van der Waals surface area contributed by atoms with E-state index in [0.29, 0.717) is 13.2 Å². The fourth-order valence-electron chi connectivity index (χ4n) is 2.05. The molecule has 0 saturated carbocycles. The second-order valence-corrected chi connectivity index (χ2v) is 4.67. The number of halogens is 1. The molecular weight excluding hydrogens is 286 g/mol. The highest BCUT2D eigenvalue weighted by atomic mass is 79.9. The van der Waals surface area contributed by atoms with Crippen LogP contribution in [-0.4, -0.2) is 57.2 Å². The number of ether oxygens (including phenoxy) is 3. The Labute approximate surface area is 101 Å². The number of aliphatic hydroxyl groups is 3. The fraction of sp³-hybridized carbons (Fsp3) is 1.00. The van der Waals surface area contributed by atoms with Crippen molar-refractivity contribution in [1.82, 2.24) is 3.93 Å². The van der Waals surface area contributed by atoms with Gasteiger partial charge in [0.1, 0.15) is 0 Å². The SMILES string of the molecule is COC1(O)CC2(CC(O)(O)N1Br)OCCO2. The van der Waals surface area contributed by atoms with Gasteiger partial charge in [-0.1, -0.05) is 0 Å². The first kappa shape index (κ1) is 12.7. The number of hydrogen-bond acceptors (Lipinski definition) is 7. The van der Waals surface area contributed by atoms with E-state index < -0.39 is 17.6 Å². The lowest BCUT2D eigenvalue weighted by Gasteiger charge is -2.50. The van der Waals surface area contributed by atoms with Crippen molar-refractivity contribution in [1.29, 1.82) is 0 Å². The van der Waals surface area contributed by atoms with Crippen molar-refractivity contribution in [3.05, 3.63) is 0 Å². The maximum atomic E-state index is 10.1. The Hall–Kier alpha value is 0.200. The van der Waals surface area contributed by atoms with Crippen LogP contribution in [-0.2, 0) is 14.2 Å². The summed E-state index contributed by atoms with van der Waals surface area (Å²) in [5.41, 5.74) is 0. The molecule has 8 heteroatoms. The zero-order valence-electron chi connectivity index (χ0n) is 8.72.